The molecule has 17 heavy (non-hydrogen) atoms. The van der Waals surface area contributed by atoms with Gasteiger partial charge in [-0.3, -0.25) is 4.79 Å². The van der Waals surface area contributed by atoms with Gasteiger partial charge in [0, 0.05) is 19.6 Å². The molecule has 1 N–H and O–H groups in total. The number of piperazine rings is 1. The molecule has 1 atom stereocenters. The molecular weight excluding hydrogens is 232 g/mol. The highest BCUT2D eigenvalue weighted by Crippen LogP contribution is 2.05. The van der Waals surface area contributed by atoms with E-state index in [9.17, 15) is 13.6 Å². The number of amides is 1. The Hall–Kier alpha value is -1.26. The summed E-state index contributed by atoms with van der Waals surface area (Å²) >= 11 is 0. The standard InChI is InChI=1S/C10H15F2N3O2/c11-9(12)7-17-4-1-10(16)15-3-2-14-6-8(15)5-13/h8-9,14H,1-4,6-7H2. The number of hydrogen-bond donors (Lipinski definition) is 1. The van der Waals surface area contributed by atoms with Crippen LogP contribution in [0.1, 0.15) is 6.42 Å². The number of nitriles is 1. The highest BCUT2D eigenvalue weighted by Gasteiger charge is 2.25. The van der Waals surface area contributed by atoms with E-state index >= 15 is 0 Å². The second kappa shape index (κ2) is 7.14. The Morgan fingerprint density at radius 3 is 3.06 bits per heavy atom. The van der Waals surface area contributed by atoms with Gasteiger partial charge in [-0.15, -0.1) is 0 Å². The summed E-state index contributed by atoms with van der Waals surface area (Å²) in [6.45, 7) is 0.857. The first-order chi connectivity index (χ1) is 8.15. The molecule has 1 rings (SSSR count). The van der Waals surface area contributed by atoms with Crippen molar-refractivity contribution in [2.75, 3.05) is 32.8 Å². The van der Waals surface area contributed by atoms with Gasteiger partial charge in [0.25, 0.3) is 6.43 Å². The third-order valence-corrected chi connectivity index (χ3v) is 2.42. The Bertz CT molecular complexity index is 294. The van der Waals surface area contributed by atoms with Crippen molar-refractivity contribution in [1.29, 1.82) is 5.26 Å². The molecule has 1 aliphatic rings. The highest BCUT2D eigenvalue weighted by molar-refractivity contribution is 5.77. The summed E-state index contributed by atoms with van der Waals surface area (Å²) in [5.41, 5.74) is 0. The number of nitrogens with zero attached hydrogens (tertiary/aromatic N) is 2. The molecule has 5 nitrogen and oxygen atoms in total. The summed E-state index contributed by atoms with van der Waals surface area (Å²) in [7, 11) is 0. The Morgan fingerprint density at radius 1 is 1.65 bits per heavy atom. The van der Waals surface area contributed by atoms with Crippen molar-refractivity contribution in [3.8, 4) is 6.07 Å². The monoisotopic (exact) mass is 247 g/mol. The molecule has 0 bridgehead atoms. The van der Waals surface area contributed by atoms with Gasteiger partial charge in [-0.1, -0.05) is 0 Å². The SMILES string of the molecule is N#CC1CNCCN1C(=O)CCOCC(F)F. The Labute approximate surface area is 98.3 Å². The first-order valence-corrected chi connectivity index (χ1v) is 5.41. The maximum absolute atomic E-state index is 11.8. The van der Waals surface area contributed by atoms with E-state index in [1.54, 1.807) is 0 Å². The molecule has 1 fully saturated rings. The van der Waals surface area contributed by atoms with Crippen LogP contribution < -0.4 is 5.32 Å². The number of ether oxygens (including phenoxy) is 1. The summed E-state index contributed by atoms with van der Waals surface area (Å²) in [5, 5.41) is 11.8. The van der Waals surface area contributed by atoms with Gasteiger partial charge in [-0.2, -0.15) is 5.26 Å². The highest BCUT2D eigenvalue weighted by atomic mass is 19.3. The Morgan fingerprint density at radius 2 is 2.41 bits per heavy atom. The summed E-state index contributed by atoms with van der Waals surface area (Å²) < 4.78 is 28.1. The van der Waals surface area contributed by atoms with E-state index in [-0.39, 0.29) is 18.9 Å². The lowest BCUT2D eigenvalue weighted by molar-refractivity contribution is -0.134. The molecule has 1 saturated heterocycles. The zero-order chi connectivity index (χ0) is 12.7. The fraction of sp³-hybridized carbons (Fsp3) is 0.800. The van der Waals surface area contributed by atoms with Crippen LogP contribution in [0, 0.1) is 11.3 Å². The molecule has 0 aromatic carbocycles. The van der Waals surface area contributed by atoms with Crippen LogP contribution in [0.3, 0.4) is 0 Å². The molecule has 0 aliphatic carbocycles. The topological polar surface area (TPSA) is 65.4 Å². The van der Waals surface area contributed by atoms with Crippen molar-refractivity contribution < 1.29 is 18.3 Å². The van der Waals surface area contributed by atoms with Crippen LogP contribution in [0.2, 0.25) is 0 Å². The molecule has 0 aromatic heterocycles. The summed E-state index contributed by atoms with van der Waals surface area (Å²) in [5.74, 6) is -0.229. The van der Waals surface area contributed by atoms with Crippen LogP contribution in [-0.4, -0.2) is 56.1 Å². The van der Waals surface area contributed by atoms with Gasteiger partial charge in [0.1, 0.15) is 12.6 Å². The molecule has 1 heterocycles. The van der Waals surface area contributed by atoms with Crippen LogP contribution >= 0.6 is 0 Å². The minimum atomic E-state index is -2.52. The second-order valence-electron chi connectivity index (χ2n) is 3.65. The quantitative estimate of drug-likeness (QED) is 0.693. The summed E-state index contributed by atoms with van der Waals surface area (Å²) in [4.78, 5) is 13.2. The van der Waals surface area contributed by atoms with Gasteiger partial charge < -0.3 is 15.0 Å². The number of hydrogen-bond acceptors (Lipinski definition) is 4. The van der Waals surface area contributed by atoms with Crippen molar-refractivity contribution in [3.05, 3.63) is 0 Å². The van der Waals surface area contributed by atoms with E-state index in [0.29, 0.717) is 19.6 Å². The number of rotatable bonds is 5. The normalized spacial score (nSPS) is 20.4. The number of halogens is 2. The largest absolute Gasteiger partial charge is 0.375 e. The van der Waals surface area contributed by atoms with Crippen LogP contribution in [0.4, 0.5) is 8.78 Å². The zero-order valence-corrected chi connectivity index (χ0v) is 9.36. The molecule has 1 aliphatic heterocycles. The molecule has 0 radical (unpaired) electrons. The summed E-state index contributed by atoms with van der Waals surface area (Å²) in [6.07, 6.45) is -2.48. The fourth-order valence-corrected chi connectivity index (χ4v) is 1.59. The van der Waals surface area contributed by atoms with Gasteiger partial charge in [0.2, 0.25) is 5.91 Å². The molecule has 1 amide bonds. The van der Waals surface area contributed by atoms with E-state index < -0.39 is 19.1 Å². The fourth-order valence-electron chi connectivity index (χ4n) is 1.59. The first-order valence-electron chi connectivity index (χ1n) is 5.41. The van der Waals surface area contributed by atoms with Crippen molar-refractivity contribution in [2.24, 2.45) is 0 Å². The van der Waals surface area contributed by atoms with Gasteiger partial charge in [0.15, 0.2) is 0 Å². The van der Waals surface area contributed by atoms with E-state index in [2.05, 4.69) is 10.1 Å². The maximum Gasteiger partial charge on any atom is 0.261 e. The van der Waals surface area contributed by atoms with Gasteiger partial charge in [0.05, 0.1) is 19.1 Å². The molecule has 1 unspecified atom stereocenters. The van der Waals surface area contributed by atoms with Crippen molar-refractivity contribution in [2.45, 2.75) is 18.9 Å². The van der Waals surface area contributed by atoms with E-state index in [1.165, 1.54) is 4.90 Å². The second-order valence-corrected chi connectivity index (χ2v) is 3.65. The number of alkyl halides is 2. The Kier molecular flexibility index (Phi) is 5.80. The predicted octanol–water partition coefficient (Wildman–Crippen LogP) is -0.0178. The molecule has 96 valence electrons. The predicted molar refractivity (Wildman–Crippen MR) is 55.4 cm³/mol. The van der Waals surface area contributed by atoms with Crippen molar-refractivity contribution in [3.63, 3.8) is 0 Å². The Balaban J connectivity index is 2.28. The van der Waals surface area contributed by atoms with Crippen molar-refractivity contribution in [1.82, 2.24) is 10.2 Å². The number of carbonyl (C=O) groups excluding carboxylic acids is 1. The smallest absolute Gasteiger partial charge is 0.261 e. The number of nitrogens with one attached hydrogen (secondary N) is 1. The lowest BCUT2D eigenvalue weighted by Gasteiger charge is -2.32. The van der Waals surface area contributed by atoms with E-state index in [4.69, 9.17) is 5.26 Å². The van der Waals surface area contributed by atoms with Crippen LogP contribution in [0.5, 0.6) is 0 Å². The first kappa shape index (κ1) is 13.8. The van der Waals surface area contributed by atoms with E-state index in [0.717, 1.165) is 0 Å². The molecule has 7 heteroatoms. The van der Waals surface area contributed by atoms with Crippen molar-refractivity contribution >= 4 is 5.91 Å². The van der Waals surface area contributed by atoms with Gasteiger partial charge in [-0.05, 0) is 0 Å². The average Bonchev–Trinajstić information content (AvgIpc) is 2.34. The van der Waals surface area contributed by atoms with Gasteiger partial charge >= 0.3 is 0 Å². The van der Waals surface area contributed by atoms with Crippen LogP contribution in [0.25, 0.3) is 0 Å². The molecule has 0 aromatic rings. The van der Waals surface area contributed by atoms with Crippen LogP contribution in [0.15, 0.2) is 0 Å². The minimum absolute atomic E-state index is 0.0326. The molecular formula is C10H15F2N3O2. The lowest BCUT2D eigenvalue weighted by atomic mass is 10.2. The summed E-state index contributed by atoms with van der Waals surface area (Å²) in [6, 6.07) is 1.55. The third-order valence-electron chi connectivity index (χ3n) is 2.42. The third kappa shape index (κ3) is 4.63. The molecule has 0 spiro atoms. The van der Waals surface area contributed by atoms with E-state index in [1.807, 2.05) is 6.07 Å². The lowest BCUT2D eigenvalue weighted by Crippen LogP contribution is -2.53. The maximum atomic E-state index is 11.8. The van der Waals surface area contributed by atoms with Gasteiger partial charge in [-0.25, -0.2) is 8.78 Å². The number of carbonyl (C=O) groups is 1. The average molecular weight is 247 g/mol. The minimum Gasteiger partial charge on any atom is -0.375 e. The molecule has 0 saturated carbocycles. The zero-order valence-electron chi connectivity index (χ0n) is 9.36. The van der Waals surface area contributed by atoms with Crippen LogP contribution in [-0.2, 0) is 9.53 Å².